The van der Waals surface area contributed by atoms with Gasteiger partial charge in [-0.3, -0.25) is 0 Å². The molecule has 0 unspecified atom stereocenters. The minimum atomic E-state index is 0. The predicted molar refractivity (Wildman–Crippen MR) is 108 cm³/mol. The zero-order chi connectivity index (χ0) is 19.8. The van der Waals surface area contributed by atoms with E-state index in [1.165, 1.54) is 15.6 Å². The molecule has 5 N–H and O–H groups in total. The maximum Gasteiger partial charge on any atom is 0.225 e. The number of nitrogens with zero attached hydrogens (tertiary/aromatic N) is 6. The Balaban J connectivity index is 0.00000218. The fraction of sp³-hybridized carbons (Fsp3) is 0.200. The summed E-state index contributed by atoms with van der Waals surface area (Å²) in [6, 6.07) is 12.2. The Kier molecular flexibility index (Phi) is 5.39. The summed E-state index contributed by atoms with van der Waals surface area (Å²) >= 11 is 0. The van der Waals surface area contributed by atoms with Gasteiger partial charge in [-0.15, -0.1) is 5.10 Å². The maximum absolute atomic E-state index is 6.14. The summed E-state index contributed by atoms with van der Waals surface area (Å²) in [6.07, 6.45) is 5.26. The Hall–Kier alpha value is -3.43. The highest BCUT2D eigenvalue weighted by atomic mass is 35.5. The predicted octanol–water partition coefficient (Wildman–Crippen LogP) is -1.31. The van der Waals surface area contributed by atoms with Crippen molar-refractivity contribution in [2.45, 2.75) is 25.9 Å². The van der Waals surface area contributed by atoms with E-state index in [0.717, 1.165) is 31.3 Å². The van der Waals surface area contributed by atoms with Crippen molar-refractivity contribution < 1.29 is 22.6 Å². The highest BCUT2D eigenvalue weighted by molar-refractivity contribution is 5.90. The molecule has 0 aliphatic rings. The van der Waals surface area contributed by atoms with Crippen LogP contribution in [0.25, 0.3) is 28.3 Å². The number of furan rings is 1. The van der Waals surface area contributed by atoms with E-state index in [0.29, 0.717) is 22.9 Å². The molecule has 0 atom stereocenters. The first kappa shape index (κ1) is 19.9. The molecule has 0 aliphatic heterocycles. The molecule has 0 saturated heterocycles. The molecule has 154 valence electrons. The summed E-state index contributed by atoms with van der Waals surface area (Å²) in [5.41, 5.74) is 13.9. The van der Waals surface area contributed by atoms with Crippen LogP contribution in [0.2, 0.25) is 0 Å². The number of fused-ring (bicyclic) bond motifs is 3. The molecule has 1 aromatic carbocycles. The van der Waals surface area contributed by atoms with Crippen molar-refractivity contribution in [3.63, 3.8) is 0 Å². The summed E-state index contributed by atoms with van der Waals surface area (Å²) in [6.45, 7) is 1.55. The van der Waals surface area contributed by atoms with E-state index in [4.69, 9.17) is 10.2 Å². The lowest BCUT2D eigenvalue weighted by molar-refractivity contribution is -0.386. The lowest BCUT2D eigenvalue weighted by Crippen LogP contribution is -3.00. The van der Waals surface area contributed by atoms with Gasteiger partial charge in [-0.1, -0.05) is 24.3 Å². The fourth-order valence-corrected chi connectivity index (χ4v) is 3.44. The maximum atomic E-state index is 6.14. The van der Waals surface area contributed by atoms with E-state index in [9.17, 15) is 0 Å². The Bertz CT molecular complexity index is 1270. The van der Waals surface area contributed by atoms with E-state index in [1.807, 2.05) is 10.7 Å². The van der Waals surface area contributed by atoms with Crippen LogP contribution in [0, 0.1) is 0 Å². The largest absolute Gasteiger partial charge is 1.00 e. The summed E-state index contributed by atoms with van der Waals surface area (Å²) in [7, 11) is 0. The summed E-state index contributed by atoms with van der Waals surface area (Å²) in [4.78, 5) is 9.09. The molecule has 30 heavy (non-hydrogen) atoms. The molecule has 0 spiro atoms. The van der Waals surface area contributed by atoms with E-state index in [2.05, 4.69) is 50.2 Å². The Morgan fingerprint density at radius 2 is 1.83 bits per heavy atom. The zero-order valence-corrected chi connectivity index (χ0v) is 17.0. The van der Waals surface area contributed by atoms with Crippen LogP contribution < -0.4 is 23.9 Å². The first-order valence-corrected chi connectivity index (χ1v) is 9.51. The first-order valence-electron chi connectivity index (χ1n) is 9.51. The summed E-state index contributed by atoms with van der Waals surface area (Å²) in [5, 5.41) is 9.73. The molecule has 0 fully saturated rings. The number of nitrogen functional groups attached to an aromatic ring is 1. The number of hydrogen-bond donors (Lipinski definition) is 2. The normalized spacial score (nSPS) is 11.2. The lowest BCUT2D eigenvalue weighted by atomic mass is 10.1. The highest BCUT2D eigenvalue weighted by Crippen LogP contribution is 2.23. The molecular weight excluding hydrogens is 404 g/mol. The topological polar surface area (TPSA) is 128 Å². The number of aromatic nitrogens is 6. The summed E-state index contributed by atoms with van der Waals surface area (Å²) < 4.78 is 8.79. The van der Waals surface area contributed by atoms with Gasteiger partial charge in [0.1, 0.15) is 0 Å². The van der Waals surface area contributed by atoms with Gasteiger partial charge in [0.15, 0.2) is 17.1 Å². The molecule has 9 nitrogen and oxygen atoms in total. The van der Waals surface area contributed by atoms with Crippen molar-refractivity contribution >= 4 is 22.6 Å². The number of hydrogen-bond acceptors (Lipinski definition) is 6. The molecule has 10 heteroatoms. The Labute approximate surface area is 178 Å². The second-order valence-electron chi connectivity index (χ2n) is 6.89. The minimum absolute atomic E-state index is 0. The van der Waals surface area contributed by atoms with E-state index in [1.54, 1.807) is 18.5 Å². The smallest absolute Gasteiger partial charge is 0.225 e. The van der Waals surface area contributed by atoms with Gasteiger partial charge >= 0.3 is 0 Å². The Morgan fingerprint density at radius 1 is 1.03 bits per heavy atom. The third-order valence-electron chi connectivity index (χ3n) is 4.99. The Morgan fingerprint density at radius 3 is 2.57 bits per heavy atom. The number of benzene rings is 1. The van der Waals surface area contributed by atoms with Crippen LogP contribution in [-0.2, 0) is 19.5 Å². The SMILES string of the molecule is Nc1nc2c(cnn2CCCc2ccc(C[NH3+])cc2)c2nc(-c3ccco3)nn12.[Cl-]. The van der Waals surface area contributed by atoms with Crippen molar-refractivity contribution in [1.29, 1.82) is 0 Å². The molecule has 5 aromatic rings. The van der Waals surface area contributed by atoms with Gasteiger partial charge < -0.3 is 28.3 Å². The van der Waals surface area contributed by atoms with Crippen molar-refractivity contribution in [2.24, 2.45) is 0 Å². The van der Waals surface area contributed by atoms with Crippen LogP contribution in [0.4, 0.5) is 5.95 Å². The lowest BCUT2D eigenvalue weighted by Gasteiger charge is -2.05. The first-order chi connectivity index (χ1) is 14.2. The standard InChI is InChI=1S/C20H20N8O.ClH/c21-11-14-7-5-13(6-8-14)3-1-9-27-18-15(12-23-27)19-24-17(16-4-2-10-29-16)26-28(19)20(22)25-18;/h2,4-8,10,12H,1,3,9,11,21H2,(H2,22,25);1H. The van der Waals surface area contributed by atoms with E-state index >= 15 is 0 Å². The average molecular weight is 425 g/mol. The average Bonchev–Trinajstić information content (AvgIpc) is 3.48. The number of rotatable bonds is 6. The van der Waals surface area contributed by atoms with Crippen molar-refractivity contribution in [1.82, 2.24) is 29.4 Å². The molecule has 0 saturated carbocycles. The molecule has 0 aliphatic carbocycles. The number of aryl methyl sites for hydroxylation is 2. The molecule has 4 aromatic heterocycles. The molecule has 5 rings (SSSR count). The number of anilines is 1. The molecule has 0 amide bonds. The van der Waals surface area contributed by atoms with Gasteiger partial charge in [0.05, 0.1) is 24.4 Å². The van der Waals surface area contributed by atoms with Crippen LogP contribution in [0.15, 0.2) is 53.3 Å². The monoisotopic (exact) mass is 424 g/mol. The van der Waals surface area contributed by atoms with E-state index in [-0.39, 0.29) is 18.4 Å². The van der Waals surface area contributed by atoms with Crippen LogP contribution in [0.3, 0.4) is 0 Å². The highest BCUT2D eigenvalue weighted by Gasteiger charge is 2.17. The molecular formula is C20H21ClN8O. The van der Waals surface area contributed by atoms with E-state index < -0.39 is 0 Å². The van der Waals surface area contributed by atoms with Gasteiger partial charge in [0.25, 0.3) is 0 Å². The fourth-order valence-electron chi connectivity index (χ4n) is 3.44. The minimum Gasteiger partial charge on any atom is -1.00 e. The van der Waals surface area contributed by atoms with Gasteiger partial charge in [-0.25, -0.2) is 9.67 Å². The number of halogens is 1. The van der Waals surface area contributed by atoms with Crippen LogP contribution >= 0.6 is 0 Å². The molecule has 4 heterocycles. The van der Waals surface area contributed by atoms with Crippen molar-refractivity contribution in [3.8, 4) is 11.6 Å². The van der Waals surface area contributed by atoms with Crippen molar-refractivity contribution in [3.05, 3.63) is 60.0 Å². The second-order valence-corrected chi connectivity index (χ2v) is 6.89. The van der Waals surface area contributed by atoms with Crippen molar-refractivity contribution in [2.75, 3.05) is 5.73 Å². The quantitative estimate of drug-likeness (QED) is 0.348. The van der Waals surface area contributed by atoms with Gasteiger partial charge in [-0.05, 0) is 30.5 Å². The van der Waals surface area contributed by atoms with Crippen LogP contribution in [-0.4, -0.2) is 29.4 Å². The third kappa shape index (κ3) is 3.49. The third-order valence-corrected chi connectivity index (χ3v) is 4.99. The summed E-state index contributed by atoms with van der Waals surface area (Å²) in [5.74, 6) is 1.32. The van der Waals surface area contributed by atoms with Gasteiger partial charge in [0.2, 0.25) is 11.8 Å². The van der Waals surface area contributed by atoms with Gasteiger partial charge in [0, 0.05) is 12.1 Å². The molecule has 0 radical (unpaired) electrons. The zero-order valence-electron chi connectivity index (χ0n) is 16.2. The second kappa shape index (κ2) is 8.13. The number of quaternary nitrogens is 1. The van der Waals surface area contributed by atoms with Gasteiger partial charge in [-0.2, -0.15) is 14.6 Å². The van der Waals surface area contributed by atoms with Crippen LogP contribution in [0.1, 0.15) is 17.5 Å². The molecule has 0 bridgehead atoms. The number of nitrogens with two attached hydrogens (primary N) is 1. The van der Waals surface area contributed by atoms with Crippen LogP contribution in [0.5, 0.6) is 0 Å².